The number of nitrogens with two attached hydrogens (primary N) is 1. The third-order valence-corrected chi connectivity index (χ3v) is 6.13. The Labute approximate surface area is 218 Å². The number of nitrogens with one attached hydrogen (secondary N) is 2. The molecule has 0 aliphatic heterocycles. The number of alkyl halides is 3. The molecule has 0 spiro atoms. The van der Waals surface area contributed by atoms with Gasteiger partial charge in [0.15, 0.2) is 0 Å². The first-order valence-electron chi connectivity index (χ1n) is 12.0. The monoisotopic (exact) mass is 523 g/mol. The van der Waals surface area contributed by atoms with Crippen molar-refractivity contribution in [1.82, 2.24) is 5.32 Å². The molecule has 1 aliphatic rings. The highest BCUT2D eigenvalue weighted by atomic mass is 19.4. The maximum Gasteiger partial charge on any atom is 0.573 e. The summed E-state index contributed by atoms with van der Waals surface area (Å²) in [6.07, 6.45) is -2.66. The molecule has 0 radical (unpaired) electrons. The largest absolute Gasteiger partial charge is 0.573 e. The summed E-state index contributed by atoms with van der Waals surface area (Å²) in [5, 5.41) is 6.01. The van der Waals surface area contributed by atoms with Crippen LogP contribution in [0.2, 0.25) is 0 Å². The molecule has 7 nitrogen and oxygen atoms in total. The van der Waals surface area contributed by atoms with Gasteiger partial charge in [0.05, 0.1) is 5.69 Å². The van der Waals surface area contributed by atoms with Gasteiger partial charge in [-0.3, -0.25) is 0 Å². The fourth-order valence-corrected chi connectivity index (χ4v) is 4.29. The van der Waals surface area contributed by atoms with Gasteiger partial charge in [-0.1, -0.05) is 42.0 Å². The van der Waals surface area contributed by atoms with E-state index in [9.17, 15) is 18.0 Å². The molecule has 198 valence electrons. The third-order valence-electron chi connectivity index (χ3n) is 6.13. The Morgan fingerprint density at radius 3 is 2.26 bits per heavy atom. The molecule has 1 fully saturated rings. The molecule has 1 aliphatic carbocycles. The summed E-state index contributed by atoms with van der Waals surface area (Å²) in [4.78, 5) is 20.7. The number of aliphatic imine (C=N–C) groups is 2. The summed E-state index contributed by atoms with van der Waals surface area (Å²) in [6, 6.07) is 16.6. The van der Waals surface area contributed by atoms with Crippen LogP contribution >= 0.6 is 0 Å². The van der Waals surface area contributed by atoms with Gasteiger partial charge in [-0.2, -0.15) is 0 Å². The van der Waals surface area contributed by atoms with Crippen LogP contribution in [-0.2, 0) is 0 Å². The SMILES string of the molecule is Cc1cc(C)c(NC(=O)NC2CC2c2ccc(C(N)=NC=Nc3ccc(OC(F)(F)F)cc3)cc2)c(C)c1. The quantitative estimate of drug-likeness (QED) is 0.252. The molecular formula is C28H28F3N5O2. The van der Waals surface area contributed by atoms with Crippen molar-refractivity contribution in [2.45, 2.75) is 45.5 Å². The highest BCUT2D eigenvalue weighted by Gasteiger charge is 2.39. The zero-order valence-corrected chi connectivity index (χ0v) is 21.1. The van der Waals surface area contributed by atoms with Crippen LogP contribution in [0.3, 0.4) is 0 Å². The molecule has 2 atom stereocenters. The fraction of sp³-hybridized carbons (Fsp3) is 0.250. The van der Waals surface area contributed by atoms with Crippen LogP contribution in [0.4, 0.5) is 29.3 Å². The van der Waals surface area contributed by atoms with E-state index in [1.807, 2.05) is 57.2 Å². The highest BCUT2D eigenvalue weighted by Crippen LogP contribution is 2.41. The number of carbonyl (C=O) groups excluding carboxylic acids is 1. The van der Waals surface area contributed by atoms with Gasteiger partial charge in [0.25, 0.3) is 0 Å². The number of ether oxygens (including phenoxy) is 1. The normalized spacial score (nSPS) is 17.4. The van der Waals surface area contributed by atoms with Crippen molar-refractivity contribution in [3.05, 3.63) is 88.5 Å². The van der Waals surface area contributed by atoms with Crippen molar-refractivity contribution in [2.75, 3.05) is 5.32 Å². The molecule has 2 amide bonds. The summed E-state index contributed by atoms with van der Waals surface area (Å²) in [7, 11) is 0. The number of rotatable bonds is 7. The molecule has 2 unspecified atom stereocenters. The van der Waals surface area contributed by atoms with E-state index < -0.39 is 6.36 Å². The summed E-state index contributed by atoms with van der Waals surface area (Å²) < 4.78 is 40.6. The maximum absolute atomic E-state index is 12.5. The molecule has 4 N–H and O–H groups in total. The van der Waals surface area contributed by atoms with E-state index in [0.29, 0.717) is 11.3 Å². The second kappa shape index (κ2) is 11.0. The van der Waals surface area contributed by atoms with Crippen molar-refractivity contribution in [3.63, 3.8) is 0 Å². The van der Waals surface area contributed by atoms with Crippen molar-refractivity contribution in [3.8, 4) is 5.75 Å². The van der Waals surface area contributed by atoms with Gasteiger partial charge in [-0.05, 0) is 68.1 Å². The minimum atomic E-state index is -4.75. The molecule has 4 rings (SSSR count). The maximum atomic E-state index is 12.5. The predicted molar refractivity (Wildman–Crippen MR) is 142 cm³/mol. The average Bonchev–Trinajstić information content (AvgIpc) is 3.60. The lowest BCUT2D eigenvalue weighted by Crippen LogP contribution is -2.31. The number of amidine groups is 1. The summed E-state index contributed by atoms with van der Waals surface area (Å²) in [5.41, 5.74) is 12.3. The minimum Gasteiger partial charge on any atom is -0.406 e. The highest BCUT2D eigenvalue weighted by molar-refractivity contribution is 6.01. The second-order valence-electron chi connectivity index (χ2n) is 9.24. The van der Waals surface area contributed by atoms with Crippen LogP contribution in [0.25, 0.3) is 0 Å². The molecule has 38 heavy (non-hydrogen) atoms. The Bertz CT molecular complexity index is 1340. The Morgan fingerprint density at radius 2 is 1.66 bits per heavy atom. The average molecular weight is 524 g/mol. The predicted octanol–water partition coefficient (Wildman–Crippen LogP) is 6.25. The van der Waals surface area contributed by atoms with Gasteiger partial charge in [-0.25, -0.2) is 14.8 Å². The Balaban J connectivity index is 1.29. The fourth-order valence-electron chi connectivity index (χ4n) is 4.29. The first-order valence-corrected chi connectivity index (χ1v) is 12.0. The van der Waals surface area contributed by atoms with Crippen LogP contribution < -0.4 is 21.1 Å². The molecule has 3 aromatic carbocycles. The molecule has 3 aromatic rings. The molecule has 0 heterocycles. The lowest BCUT2D eigenvalue weighted by Gasteiger charge is -2.13. The summed E-state index contributed by atoms with van der Waals surface area (Å²) in [6.45, 7) is 5.98. The van der Waals surface area contributed by atoms with Crippen molar-refractivity contribution < 1.29 is 22.7 Å². The van der Waals surface area contributed by atoms with Crippen LogP contribution in [0.5, 0.6) is 5.75 Å². The summed E-state index contributed by atoms with van der Waals surface area (Å²) in [5.74, 6) is 0.134. The molecule has 1 saturated carbocycles. The van der Waals surface area contributed by atoms with E-state index >= 15 is 0 Å². The number of hydrogen-bond acceptors (Lipinski definition) is 3. The van der Waals surface area contributed by atoms with Gasteiger partial charge in [0.2, 0.25) is 0 Å². The number of aryl methyl sites for hydroxylation is 3. The second-order valence-corrected chi connectivity index (χ2v) is 9.24. The van der Waals surface area contributed by atoms with Crippen molar-refractivity contribution in [1.29, 1.82) is 0 Å². The van der Waals surface area contributed by atoms with Gasteiger partial charge >= 0.3 is 12.4 Å². The first kappa shape index (κ1) is 26.7. The van der Waals surface area contributed by atoms with Crippen LogP contribution in [-0.4, -0.2) is 30.6 Å². The van der Waals surface area contributed by atoms with E-state index in [4.69, 9.17) is 5.73 Å². The molecule has 10 heteroatoms. The van der Waals surface area contributed by atoms with Crippen molar-refractivity contribution in [2.24, 2.45) is 15.7 Å². The topological polar surface area (TPSA) is 101 Å². The molecule has 0 aromatic heterocycles. The van der Waals surface area contributed by atoms with Gasteiger partial charge in [-0.15, -0.1) is 13.2 Å². The Morgan fingerprint density at radius 1 is 1.03 bits per heavy atom. The zero-order valence-electron chi connectivity index (χ0n) is 21.1. The van der Waals surface area contributed by atoms with Crippen LogP contribution in [0.1, 0.15) is 40.2 Å². The van der Waals surface area contributed by atoms with E-state index in [0.717, 1.165) is 34.4 Å². The Hall–Kier alpha value is -4.34. The smallest absolute Gasteiger partial charge is 0.406 e. The lowest BCUT2D eigenvalue weighted by atomic mass is 10.1. The first-order chi connectivity index (χ1) is 18.0. The van der Waals surface area contributed by atoms with Gasteiger partial charge in [0.1, 0.15) is 17.9 Å². The number of urea groups is 1. The van der Waals surface area contributed by atoms with Gasteiger partial charge < -0.3 is 21.1 Å². The van der Waals surface area contributed by atoms with Crippen molar-refractivity contribution >= 4 is 29.6 Å². The van der Waals surface area contributed by atoms with E-state index in [1.165, 1.54) is 30.6 Å². The number of nitrogens with zero attached hydrogens (tertiary/aromatic N) is 2. The number of amides is 2. The van der Waals surface area contributed by atoms with Crippen LogP contribution in [0.15, 0.2) is 70.6 Å². The van der Waals surface area contributed by atoms with Gasteiger partial charge in [0, 0.05) is 23.2 Å². The molecular weight excluding hydrogens is 495 g/mol. The van der Waals surface area contributed by atoms with E-state index in [2.05, 4.69) is 25.4 Å². The number of hydrogen-bond donors (Lipinski definition) is 3. The molecule has 0 bridgehead atoms. The zero-order chi connectivity index (χ0) is 27.4. The number of carbonyl (C=O) groups is 1. The van der Waals surface area contributed by atoms with Crippen LogP contribution in [0, 0.1) is 20.8 Å². The third kappa shape index (κ3) is 7.12. The lowest BCUT2D eigenvalue weighted by molar-refractivity contribution is -0.274. The molecule has 0 saturated heterocycles. The summed E-state index contributed by atoms with van der Waals surface area (Å²) >= 11 is 0. The number of halogens is 3. The minimum absolute atomic E-state index is 0.0537. The van der Waals surface area contributed by atoms with E-state index in [-0.39, 0.29) is 29.6 Å². The number of anilines is 1. The van der Waals surface area contributed by atoms with E-state index in [1.54, 1.807) is 0 Å². The Kier molecular flexibility index (Phi) is 7.70. The number of benzene rings is 3. The standard InChI is InChI=1S/C28H28F3N5O2/c1-16-12-17(2)25(18(3)13-16)36-27(37)35-24-14-23(24)19-4-6-20(7-5-19)26(32)34-15-33-21-8-10-22(11-9-21)38-28(29,30)31/h4-13,15,23-24H,14H2,1-3H3,(H2,32,33,34)(H2,35,36,37).